The molecule has 41 heavy (non-hydrogen) atoms. The maximum Gasteiger partial charge on any atom is 0.132 e. The lowest BCUT2D eigenvalue weighted by molar-refractivity contribution is 0.418. The van der Waals surface area contributed by atoms with Crippen LogP contribution in [0.25, 0.3) is 53.6 Å². The number of ether oxygens (including phenoxy) is 1. The molecule has 0 N–H and O–H groups in total. The van der Waals surface area contributed by atoms with E-state index in [1.54, 1.807) is 0 Å². The summed E-state index contributed by atoms with van der Waals surface area (Å²) in [5.74, 6) is 1.90. The molecule has 2 heterocycles. The van der Waals surface area contributed by atoms with Gasteiger partial charge in [0.15, 0.2) is 0 Å². The average Bonchev–Trinajstić information content (AvgIpc) is 3.51. The number of fused-ring (bicyclic) bond motifs is 5. The van der Waals surface area contributed by atoms with Gasteiger partial charge < -0.3 is 4.74 Å². The van der Waals surface area contributed by atoms with Crippen molar-refractivity contribution in [3.63, 3.8) is 0 Å². The summed E-state index contributed by atoms with van der Waals surface area (Å²) in [4.78, 5) is 2.50. The molecule has 0 aliphatic carbocycles. The Kier molecular flexibility index (Phi) is 5.42. The number of hydrogen-bond acceptors (Lipinski definition) is 2. The van der Waals surface area contributed by atoms with Crippen LogP contribution in [0, 0.1) is 0 Å². The molecule has 0 radical (unpaired) electrons. The maximum atomic E-state index is 6.42. The van der Waals surface area contributed by atoms with Crippen molar-refractivity contribution in [3.05, 3.63) is 145 Å². The van der Waals surface area contributed by atoms with Crippen molar-refractivity contribution >= 4 is 32.9 Å². The number of rotatable bonds is 3. The summed E-state index contributed by atoms with van der Waals surface area (Å²) in [7, 11) is 0. The quantitative estimate of drug-likeness (QED) is 0.201. The second-order valence-electron chi connectivity index (χ2n) is 11.3. The van der Waals surface area contributed by atoms with E-state index in [0.29, 0.717) is 0 Å². The van der Waals surface area contributed by atoms with Crippen LogP contribution >= 0.6 is 11.3 Å². The lowest BCUT2D eigenvalue weighted by Crippen LogP contribution is -2.24. The number of hydrogen-bond donors (Lipinski definition) is 0. The normalized spacial score (nSPS) is 13.5. The van der Waals surface area contributed by atoms with Crippen LogP contribution in [0.15, 0.2) is 133 Å². The first kappa shape index (κ1) is 24.2. The predicted molar refractivity (Wildman–Crippen MR) is 174 cm³/mol. The van der Waals surface area contributed by atoms with Gasteiger partial charge in [0.2, 0.25) is 0 Å². The molecule has 2 heteroatoms. The minimum atomic E-state index is -0.105. The van der Waals surface area contributed by atoms with Crippen molar-refractivity contribution in [2.45, 2.75) is 19.3 Å². The average molecular weight is 545 g/mol. The molecule has 0 spiro atoms. The van der Waals surface area contributed by atoms with Crippen LogP contribution in [0.5, 0.6) is 11.5 Å². The predicted octanol–water partition coefficient (Wildman–Crippen LogP) is 11.5. The van der Waals surface area contributed by atoms with Crippen molar-refractivity contribution in [1.82, 2.24) is 0 Å². The van der Waals surface area contributed by atoms with Gasteiger partial charge in [0.05, 0.1) is 0 Å². The summed E-state index contributed by atoms with van der Waals surface area (Å²) in [6, 6.07) is 48.2. The topological polar surface area (TPSA) is 9.23 Å². The fourth-order valence-corrected chi connectivity index (χ4v) is 7.50. The molecule has 0 atom stereocenters. The first-order chi connectivity index (χ1) is 20.1. The molecule has 1 aromatic heterocycles. The highest BCUT2D eigenvalue weighted by molar-refractivity contribution is 7.18. The molecule has 8 rings (SSSR count). The van der Waals surface area contributed by atoms with Gasteiger partial charge in [-0.05, 0) is 68.1 Å². The van der Waals surface area contributed by atoms with E-state index in [0.717, 1.165) is 11.5 Å². The molecule has 7 aromatic rings. The van der Waals surface area contributed by atoms with Crippen LogP contribution in [0.2, 0.25) is 0 Å². The third-order valence-corrected chi connectivity index (χ3v) is 9.76. The number of benzene rings is 6. The van der Waals surface area contributed by atoms with E-state index in [9.17, 15) is 0 Å². The van der Waals surface area contributed by atoms with Gasteiger partial charge in [-0.3, -0.25) is 0 Å². The molecule has 0 unspecified atom stereocenters. The Bertz CT molecular complexity index is 2110. The minimum Gasteiger partial charge on any atom is -0.457 e. The smallest absolute Gasteiger partial charge is 0.132 e. The fourth-order valence-electron chi connectivity index (χ4n) is 6.46. The van der Waals surface area contributed by atoms with Crippen molar-refractivity contribution in [1.29, 1.82) is 0 Å². The molecule has 1 aliphatic rings. The second kappa shape index (κ2) is 9.19. The first-order valence-corrected chi connectivity index (χ1v) is 14.9. The van der Waals surface area contributed by atoms with Crippen molar-refractivity contribution in [3.8, 4) is 43.5 Å². The molecule has 0 saturated heterocycles. The van der Waals surface area contributed by atoms with Gasteiger partial charge in [-0.2, -0.15) is 0 Å². The number of thiophene rings is 1. The third kappa shape index (κ3) is 3.83. The Labute approximate surface area is 244 Å². The van der Waals surface area contributed by atoms with Crippen LogP contribution in [-0.4, -0.2) is 0 Å². The van der Waals surface area contributed by atoms with E-state index in [-0.39, 0.29) is 5.41 Å². The van der Waals surface area contributed by atoms with Crippen molar-refractivity contribution in [2.24, 2.45) is 0 Å². The summed E-state index contributed by atoms with van der Waals surface area (Å²) < 4.78 is 6.42. The van der Waals surface area contributed by atoms with Crippen LogP contribution < -0.4 is 4.74 Å². The molecule has 1 aliphatic heterocycles. The second-order valence-corrected chi connectivity index (χ2v) is 12.4. The van der Waals surface area contributed by atoms with Gasteiger partial charge in [-0.15, -0.1) is 11.3 Å². The maximum absolute atomic E-state index is 6.42. The standard InChI is InChI=1S/C39H28OS/c1-39(2)33-16-7-8-17-35(33)40-36-24-26(19-21-34(36)39)37-22-23-38(41-37)32-13-6-5-12-30(32)29-15-9-14-28-27-11-4-3-10-25(27)18-20-31(28)29/h3-24H,1-2H3. The van der Waals surface area contributed by atoms with E-state index in [4.69, 9.17) is 4.74 Å². The minimum absolute atomic E-state index is 0.105. The van der Waals surface area contributed by atoms with Crippen molar-refractivity contribution in [2.75, 3.05) is 0 Å². The summed E-state index contributed by atoms with van der Waals surface area (Å²) in [5, 5.41) is 5.14. The zero-order valence-corrected chi connectivity index (χ0v) is 23.8. The molecule has 6 aromatic carbocycles. The highest BCUT2D eigenvalue weighted by Gasteiger charge is 2.34. The zero-order chi connectivity index (χ0) is 27.6. The molecular weight excluding hydrogens is 516 g/mol. The van der Waals surface area contributed by atoms with Crippen LogP contribution in [0.4, 0.5) is 0 Å². The van der Waals surface area contributed by atoms with Gasteiger partial charge in [-0.1, -0.05) is 123 Å². The first-order valence-electron chi connectivity index (χ1n) is 14.1. The molecule has 0 amide bonds. The fraction of sp³-hybridized carbons (Fsp3) is 0.0769. The Morgan fingerprint density at radius 1 is 0.488 bits per heavy atom. The van der Waals surface area contributed by atoms with E-state index < -0.39 is 0 Å². The largest absolute Gasteiger partial charge is 0.457 e. The highest BCUT2D eigenvalue weighted by atomic mass is 32.1. The summed E-state index contributed by atoms with van der Waals surface area (Å²) in [6.45, 7) is 4.56. The van der Waals surface area contributed by atoms with Gasteiger partial charge >= 0.3 is 0 Å². The van der Waals surface area contributed by atoms with Gasteiger partial charge in [0, 0.05) is 26.3 Å². The summed E-state index contributed by atoms with van der Waals surface area (Å²) in [5.41, 5.74) is 7.32. The van der Waals surface area contributed by atoms with Gasteiger partial charge in [-0.25, -0.2) is 0 Å². The van der Waals surface area contributed by atoms with Gasteiger partial charge in [0.1, 0.15) is 11.5 Å². The molecule has 196 valence electrons. The lowest BCUT2D eigenvalue weighted by atomic mass is 9.75. The Balaban J connectivity index is 1.21. The Morgan fingerprint density at radius 2 is 1.20 bits per heavy atom. The summed E-state index contributed by atoms with van der Waals surface area (Å²) in [6.07, 6.45) is 0. The lowest BCUT2D eigenvalue weighted by Gasteiger charge is -2.34. The highest BCUT2D eigenvalue weighted by Crippen LogP contribution is 2.49. The SMILES string of the molecule is CC1(C)c2ccccc2Oc2cc(-c3ccc(-c4ccccc4-c4cccc5c4ccc4ccccc45)s3)ccc21. The Morgan fingerprint density at radius 3 is 2.12 bits per heavy atom. The summed E-state index contributed by atoms with van der Waals surface area (Å²) >= 11 is 1.84. The molecule has 0 saturated carbocycles. The molecule has 0 fully saturated rings. The monoisotopic (exact) mass is 544 g/mol. The third-order valence-electron chi connectivity index (χ3n) is 8.60. The van der Waals surface area contributed by atoms with Crippen molar-refractivity contribution < 1.29 is 4.74 Å². The zero-order valence-electron chi connectivity index (χ0n) is 23.0. The molecule has 1 nitrogen and oxygen atoms in total. The van der Waals surface area contributed by atoms with E-state index in [2.05, 4.69) is 141 Å². The van der Waals surface area contributed by atoms with E-state index in [1.165, 1.54) is 64.7 Å². The number of para-hydroxylation sites is 1. The van der Waals surface area contributed by atoms with E-state index >= 15 is 0 Å². The molecular formula is C39H28OS. The Hall–Kier alpha value is -4.66. The van der Waals surface area contributed by atoms with Gasteiger partial charge in [0.25, 0.3) is 0 Å². The van der Waals surface area contributed by atoms with Crippen LogP contribution in [-0.2, 0) is 5.41 Å². The molecule has 0 bridgehead atoms. The van der Waals surface area contributed by atoms with Crippen LogP contribution in [0.1, 0.15) is 25.0 Å². The van der Waals surface area contributed by atoms with Crippen LogP contribution in [0.3, 0.4) is 0 Å². The van der Waals surface area contributed by atoms with E-state index in [1.807, 2.05) is 17.4 Å².